The lowest BCUT2D eigenvalue weighted by Gasteiger charge is -2.27. The third-order valence-corrected chi connectivity index (χ3v) is 4.65. The Bertz CT molecular complexity index is 510. The number of nitrogens with zero attached hydrogens (tertiary/aromatic N) is 2. The molecule has 0 amide bonds. The molecule has 1 fully saturated rings. The van der Waals surface area contributed by atoms with E-state index in [-0.39, 0.29) is 24.0 Å². The van der Waals surface area contributed by atoms with Crippen LogP contribution in [0, 0.1) is 5.92 Å². The Kier molecular flexibility index (Phi) is 11.1. The number of likely N-dealkylation sites (tertiary alicyclic amines) is 1. The lowest BCUT2D eigenvalue weighted by atomic mass is 10.0. The first-order chi connectivity index (χ1) is 11.7. The molecule has 5 heteroatoms. The van der Waals surface area contributed by atoms with E-state index in [1.54, 1.807) is 0 Å². The van der Waals surface area contributed by atoms with Crippen LogP contribution >= 0.6 is 24.0 Å². The summed E-state index contributed by atoms with van der Waals surface area (Å²) in [5.41, 5.74) is 2.81. The van der Waals surface area contributed by atoms with Crippen molar-refractivity contribution in [3.05, 3.63) is 35.4 Å². The fraction of sp³-hybridized carbons (Fsp3) is 0.650. The Morgan fingerprint density at radius 3 is 2.40 bits per heavy atom. The van der Waals surface area contributed by atoms with Crippen LogP contribution in [0.3, 0.4) is 0 Å². The standard InChI is InChI=1S/C20H34N4.HI/c1-17(2)11-12-22-20(21-3)23-15-18-9-5-6-10-19(18)16-24-13-7-4-8-14-24;/h5-6,9-10,17H,4,7-8,11-16H2,1-3H3,(H2,21,22,23);1H. The molecule has 2 N–H and O–H groups in total. The Morgan fingerprint density at radius 2 is 1.76 bits per heavy atom. The van der Waals surface area contributed by atoms with Crippen molar-refractivity contribution in [2.75, 3.05) is 26.7 Å². The van der Waals surface area contributed by atoms with Gasteiger partial charge >= 0.3 is 0 Å². The summed E-state index contributed by atoms with van der Waals surface area (Å²) < 4.78 is 0. The van der Waals surface area contributed by atoms with Gasteiger partial charge in [-0.05, 0) is 49.4 Å². The van der Waals surface area contributed by atoms with Gasteiger partial charge < -0.3 is 10.6 Å². The summed E-state index contributed by atoms with van der Waals surface area (Å²) in [5.74, 6) is 1.60. The third-order valence-electron chi connectivity index (χ3n) is 4.65. The van der Waals surface area contributed by atoms with Gasteiger partial charge in [0.1, 0.15) is 0 Å². The highest BCUT2D eigenvalue weighted by Crippen LogP contribution is 2.16. The minimum atomic E-state index is 0. The van der Waals surface area contributed by atoms with Crippen LogP contribution in [0.4, 0.5) is 0 Å². The molecule has 4 nitrogen and oxygen atoms in total. The molecule has 0 bridgehead atoms. The molecular formula is C20H35IN4. The average Bonchev–Trinajstić information content (AvgIpc) is 2.59. The molecular weight excluding hydrogens is 423 g/mol. The summed E-state index contributed by atoms with van der Waals surface area (Å²) in [6, 6.07) is 8.78. The van der Waals surface area contributed by atoms with E-state index in [9.17, 15) is 0 Å². The molecule has 0 saturated carbocycles. The lowest BCUT2D eigenvalue weighted by Crippen LogP contribution is -2.38. The van der Waals surface area contributed by atoms with Crippen molar-refractivity contribution in [2.24, 2.45) is 10.9 Å². The van der Waals surface area contributed by atoms with Gasteiger partial charge in [0.25, 0.3) is 0 Å². The molecule has 0 unspecified atom stereocenters. The molecule has 0 atom stereocenters. The highest BCUT2D eigenvalue weighted by atomic mass is 127. The van der Waals surface area contributed by atoms with Crippen molar-refractivity contribution >= 4 is 29.9 Å². The Labute approximate surface area is 170 Å². The fourth-order valence-corrected chi connectivity index (χ4v) is 3.12. The summed E-state index contributed by atoms with van der Waals surface area (Å²) in [4.78, 5) is 6.91. The van der Waals surface area contributed by atoms with Crippen molar-refractivity contribution in [2.45, 2.75) is 52.6 Å². The number of piperidine rings is 1. The van der Waals surface area contributed by atoms with E-state index in [2.05, 4.69) is 58.6 Å². The highest BCUT2D eigenvalue weighted by Gasteiger charge is 2.12. The van der Waals surface area contributed by atoms with Gasteiger partial charge in [-0.1, -0.05) is 44.5 Å². The third kappa shape index (κ3) is 8.40. The van der Waals surface area contributed by atoms with Crippen LogP contribution in [0.1, 0.15) is 50.7 Å². The second kappa shape index (κ2) is 12.5. The van der Waals surface area contributed by atoms with E-state index in [1.807, 2.05) is 7.05 Å². The molecule has 25 heavy (non-hydrogen) atoms. The van der Waals surface area contributed by atoms with E-state index >= 15 is 0 Å². The summed E-state index contributed by atoms with van der Waals surface area (Å²) in [6.45, 7) is 9.82. The Morgan fingerprint density at radius 1 is 1.08 bits per heavy atom. The van der Waals surface area contributed by atoms with Gasteiger partial charge in [0.05, 0.1) is 0 Å². The zero-order valence-corrected chi connectivity index (χ0v) is 18.4. The average molecular weight is 458 g/mol. The molecule has 1 aromatic carbocycles. The predicted molar refractivity (Wildman–Crippen MR) is 119 cm³/mol. The molecule has 0 spiro atoms. The SMILES string of the molecule is CN=C(NCCC(C)C)NCc1ccccc1CN1CCCCC1.I. The molecule has 0 aromatic heterocycles. The molecule has 2 rings (SSSR count). The quantitative estimate of drug-likeness (QED) is 0.369. The number of guanidine groups is 1. The second-order valence-corrected chi connectivity index (χ2v) is 7.14. The van der Waals surface area contributed by atoms with Crippen LogP contribution in [0.5, 0.6) is 0 Å². The molecule has 1 aliphatic heterocycles. The lowest BCUT2D eigenvalue weighted by molar-refractivity contribution is 0.220. The van der Waals surface area contributed by atoms with E-state index in [0.29, 0.717) is 5.92 Å². The van der Waals surface area contributed by atoms with E-state index < -0.39 is 0 Å². The van der Waals surface area contributed by atoms with Crippen LogP contribution in [-0.2, 0) is 13.1 Å². The van der Waals surface area contributed by atoms with Crippen molar-refractivity contribution in [3.8, 4) is 0 Å². The van der Waals surface area contributed by atoms with Gasteiger partial charge in [-0.15, -0.1) is 24.0 Å². The molecule has 1 aromatic rings. The summed E-state index contributed by atoms with van der Waals surface area (Å²) in [7, 11) is 1.84. The molecule has 1 aliphatic rings. The van der Waals surface area contributed by atoms with E-state index in [0.717, 1.165) is 32.0 Å². The van der Waals surface area contributed by atoms with E-state index in [1.165, 1.54) is 43.5 Å². The Balaban J connectivity index is 0.00000312. The van der Waals surface area contributed by atoms with Crippen molar-refractivity contribution in [1.82, 2.24) is 15.5 Å². The number of aliphatic imine (C=N–C) groups is 1. The highest BCUT2D eigenvalue weighted by molar-refractivity contribution is 14.0. The van der Waals surface area contributed by atoms with Crippen LogP contribution in [0.25, 0.3) is 0 Å². The number of rotatable bonds is 7. The molecule has 1 saturated heterocycles. The minimum absolute atomic E-state index is 0. The largest absolute Gasteiger partial charge is 0.356 e. The zero-order valence-electron chi connectivity index (χ0n) is 16.1. The topological polar surface area (TPSA) is 39.7 Å². The van der Waals surface area contributed by atoms with Gasteiger partial charge in [0.15, 0.2) is 5.96 Å². The first kappa shape index (κ1) is 22.2. The van der Waals surface area contributed by atoms with Crippen LogP contribution in [-0.4, -0.2) is 37.5 Å². The minimum Gasteiger partial charge on any atom is -0.356 e. The molecule has 142 valence electrons. The van der Waals surface area contributed by atoms with Gasteiger partial charge in [-0.3, -0.25) is 9.89 Å². The normalized spacial score (nSPS) is 15.8. The molecule has 0 radical (unpaired) electrons. The maximum atomic E-state index is 4.33. The Hall–Kier alpha value is -0.820. The number of nitrogens with one attached hydrogen (secondary N) is 2. The smallest absolute Gasteiger partial charge is 0.191 e. The number of hydrogen-bond donors (Lipinski definition) is 2. The second-order valence-electron chi connectivity index (χ2n) is 7.14. The number of hydrogen-bond acceptors (Lipinski definition) is 2. The zero-order chi connectivity index (χ0) is 17.2. The van der Waals surface area contributed by atoms with Crippen molar-refractivity contribution in [3.63, 3.8) is 0 Å². The van der Waals surface area contributed by atoms with Gasteiger partial charge in [-0.25, -0.2) is 0 Å². The van der Waals surface area contributed by atoms with Crippen LogP contribution in [0.15, 0.2) is 29.3 Å². The fourth-order valence-electron chi connectivity index (χ4n) is 3.12. The first-order valence-electron chi connectivity index (χ1n) is 9.42. The maximum absolute atomic E-state index is 4.33. The maximum Gasteiger partial charge on any atom is 0.191 e. The monoisotopic (exact) mass is 458 g/mol. The number of halogens is 1. The van der Waals surface area contributed by atoms with Gasteiger partial charge in [-0.2, -0.15) is 0 Å². The summed E-state index contributed by atoms with van der Waals surface area (Å²) in [5, 5.41) is 6.86. The summed E-state index contributed by atoms with van der Waals surface area (Å²) >= 11 is 0. The van der Waals surface area contributed by atoms with Gasteiger partial charge in [0, 0.05) is 26.7 Å². The van der Waals surface area contributed by atoms with Crippen LogP contribution in [0.2, 0.25) is 0 Å². The predicted octanol–water partition coefficient (Wildman–Crippen LogP) is 4.00. The van der Waals surface area contributed by atoms with Crippen molar-refractivity contribution < 1.29 is 0 Å². The molecule has 0 aliphatic carbocycles. The number of benzene rings is 1. The van der Waals surface area contributed by atoms with Gasteiger partial charge in [0.2, 0.25) is 0 Å². The molecule has 1 heterocycles. The van der Waals surface area contributed by atoms with E-state index in [4.69, 9.17) is 0 Å². The van der Waals surface area contributed by atoms with Crippen molar-refractivity contribution in [1.29, 1.82) is 0 Å². The van der Waals surface area contributed by atoms with Crippen LogP contribution < -0.4 is 10.6 Å². The summed E-state index contributed by atoms with van der Waals surface area (Å²) in [6.07, 6.45) is 5.23. The first-order valence-corrected chi connectivity index (χ1v) is 9.42.